The first-order valence-corrected chi connectivity index (χ1v) is 21.0. The van der Waals surface area contributed by atoms with Gasteiger partial charge in [0.2, 0.25) is 5.91 Å². The molecule has 0 saturated carbocycles. The molecule has 0 aromatic carbocycles. The Morgan fingerprint density at radius 1 is 0.702 bits per heavy atom. The van der Waals surface area contributed by atoms with Gasteiger partial charge in [-0.05, 0) is 32.1 Å². The fourth-order valence-corrected chi connectivity index (χ4v) is 6.31. The monoisotopic (exact) mass is 690 g/mol. The topological polar surface area (TPSA) is 105 Å². The largest absolute Gasteiger partial charge is 0.472 e. The molecule has 0 aromatic rings. The van der Waals surface area contributed by atoms with Gasteiger partial charge in [0.05, 0.1) is 39.9 Å². The van der Waals surface area contributed by atoms with Crippen LogP contribution in [0.2, 0.25) is 0 Å². The maximum atomic E-state index is 12.8. The summed E-state index contributed by atoms with van der Waals surface area (Å²) in [5, 5.41) is 13.9. The van der Waals surface area contributed by atoms with Crippen LogP contribution < -0.4 is 5.32 Å². The van der Waals surface area contributed by atoms with Crippen molar-refractivity contribution < 1.29 is 32.9 Å². The zero-order chi connectivity index (χ0) is 35.1. The highest BCUT2D eigenvalue weighted by molar-refractivity contribution is 7.47. The van der Waals surface area contributed by atoms with Gasteiger partial charge in [-0.2, -0.15) is 0 Å². The first kappa shape index (κ1) is 46.2. The number of carbonyl (C=O) groups excluding carboxylic acids is 1. The van der Waals surface area contributed by atoms with Gasteiger partial charge in [-0.1, -0.05) is 148 Å². The van der Waals surface area contributed by atoms with E-state index in [4.69, 9.17) is 9.05 Å². The molecule has 8 nitrogen and oxygen atoms in total. The Balaban J connectivity index is 4.43. The van der Waals surface area contributed by atoms with Gasteiger partial charge in [0, 0.05) is 6.42 Å². The molecule has 0 fully saturated rings. The molecular formula is C38H78N2O6P+. The van der Waals surface area contributed by atoms with E-state index in [0.29, 0.717) is 23.9 Å². The van der Waals surface area contributed by atoms with E-state index in [1.54, 1.807) is 0 Å². The van der Waals surface area contributed by atoms with Crippen molar-refractivity contribution in [2.75, 3.05) is 40.9 Å². The van der Waals surface area contributed by atoms with Crippen molar-refractivity contribution in [2.24, 2.45) is 0 Å². The van der Waals surface area contributed by atoms with Crippen LogP contribution in [0.4, 0.5) is 0 Å². The number of unbranched alkanes of at least 4 members (excludes halogenated alkanes) is 20. The predicted octanol–water partition coefficient (Wildman–Crippen LogP) is 10.0. The molecule has 0 aliphatic heterocycles. The third-order valence-electron chi connectivity index (χ3n) is 8.74. The van der Waals surface area contributed by atoms with Crippen molar-refractivity contribution in [3.05, 3.63) is 12.2 Å². The van der Waals surface area contributed by atoms with E-state index in [2.05, 4.69) is 31.3 Å². The number of hydrogen-bond acceptors (Lipinski definition) is 5. The minimum absolute atomic E-state index is 0.0744. The minimum atomic E-state index is -4.30. The van der Waals surface area contributed by atoms with Crippen LogP contribution in [0.3, 0.4) is 0 Å². The summed E-state index contributed by atoms with van der Waals surface area (Å²) >= 11 is 0. The van der Waals surface area contributed by atoms with Crippen LogP contribution >= 0.6 is 7.82 Å². The number of amides is 1. The summed E-state index contributed by atoms with van der Waals surface area (Å²) in [5.74, 6) is -0.157. The van der Waals surface area contributed by atoms with Crippen LogP contribution in [0.5, 0.6) is 0 Å². The third-order valence-corrected chi connectivity index (χ3v) is 9.73. The van der Waals surface area contributed by atoms with Crippen molar-refractivity contribution in [3.8, 4) is 0 Å². The van der Waals surface area contributed by atoms with Gasteiger partial charge < -0.3 is 19.8 Å². The molecule has 0 aliphatic rings. The summed E-state index contributed by atoms with van der Waals surface area (Å²) < 4.78 is 23.5. The number of allylic oxidation sites excluding steroid dienone is 2. The molecule has 9 heteroatoms. The first-order chi connectivity index (χ1) is 22.5. The van der Waals surface area contributed by atoms with Crippen LogP contribution in [-0.2, 0) is 18.4 Å². The highest BCUT2D eigenvalue weighted by Gasteiger charge is 2.28. The van der Waals surface area contributed by atoms with Crippen molar-refractivity contribution >= 4 is 13.7 Å². The highest BCUT2D eigenvalue weighted by atomic mass is 31.2. The Hall–Kier alpha value is -0.760. The van der Waals surface area contributed by atoms with Gasteiger partial charge in [0.1, 0.15) is 13.2 Å². The molecule has 47 heavy (non-hydrogen) atoms. The van der Waals surface area contributed by atoms with E-state index in [-0.39, 0.29) is 19.1 Å². The minimum Gasteiger partial charge on any atom is -0.391 e. The normalized spacial score (nSPS) is 14.8. The van der Waals surface area contributed by atoms with E-state index >= 15 is 0 Å². The second-order valence-electron chi connectivity index (χ2n) is 14.7. The summed E-state index contributed by atoms with van der Waals surface area (Å²) in [6.45, 7) is 4.81. The smallest absolute Gasteiger partial charge is 0.391 e. The molecular weight excluding hydrogens is 611 g/mol. The lowest BCUT2D eigenvalue weighted by Gasteiger charge is -2.26. The van der Waals surface area contributed by atoms with E-state index in [1.807, 2.05) is 21.1 Å². The van der Waals surface area contributed by atoms with Gasteiger partial charge >= 0.3 is 7.82 Å². The summed E-state index contributed by atoms with van der Waals surface area (Å²) in [5.41, 5.74) is 0. The SMILES string of the molecule is CCC/C=C\CCCCCCCC(=O)NC(COP(=O)(O)OCC[N+](C)(C)C)C(O)CCCCCCCCCCCCCCCCC. The van der Waals surface area contributed by atoms with Crippen LogP contribution in [0, 0.1) is 0 Å². The Bertz CT molecular complexity index is 789. The van der Waals surface area contributed by atoms with Gasteiger partial charge in [0.25, 0.3) is 0 Å². The maximum Gasteiger partial charge on any atom is 0.472 e. The van der Waals surface area contributed by atoms with Gasteiger partial charge in [-0.3, -0.25) is 13.8 Å². The van der Waals surface area contributed by atoms with Crippen LogP contribution in [-0.4, -0.2) is 73.4 Å². The molecule has 3 unspecified atom stereocenters. The fourth-order valence-electron chi connectivity index (χ4n) is 5.58. The summed E-state index contributed by atoms with van der Waals surface area (Å²) in [4.78, 5) is 23.0. The Labute approximate surface area is 291 Å². The Kier molecular flexibility index (Phi) is 30.7. The fraction of sp³-hybridized carbons (Fsp3) is 0.921. The average Bonchev–Trinajstić information content (AvgIpc) is 3.01. The lowest BCUT2D eigenvalue weighted by Crippen LogP contribution is -2.46. The molecule has 0 bridgehead atoms. The summed E-state index contributed by atoms with van der Waals surface area (Å²) in [6, 6.07) is -0.758. The number of nitrogens with one attached hydrogen (secondary N) is 1. The number of phosphoric acid groups is 1. The van der Waals surface area contributed by atoms with Crippen molar-refractivity contribution in [3.63, 3.8) is 0 Å². The number of aliphatic hydroxyl groups is 1. The number of likely N-dealkylation sites (N-methyl/N-ethyl adjacent to an activating group) is 1. The van der Waals surface area contributed by atoms with Crippen molar-refractivity contribution in [1.29, 1.82) is 0 Å². The first-order valence-electron chi connectivity index (χ1n) is 19.6. The molecule has 1 amide bonds. The third kappa shape index (κ3) is 33.5. The summed E-state index contributed by atoms with van der Waals surface area (Å²) in [6.07, 6.45) is 32.3. The van der Waals surface area contributed by atoms with Crippen molar-refractivity contribution in [2.45, 2.75) is 187 Å². The molecule has 0 radical (unpaired) electrons. The van der Waals surface area contributed by atoms with Crippen LogP contribution in [0.25, 0.3) is 0 Å². The number of phosphoric ester groups is 1. The average molecular weight is 690 g/mol. The standard InChI is InChI=1S/C38H77N2O6P/c1-6-8-10-12-14-16-18-19-20-21-22-23-25-27-29-31-37(41)36(35-46-47(43,44)45-34-33-40(3,4)5)39-38(42)32-30-28-26-24-17-15-13-11-9-7-2/h11,13,36-37,41H,6-10,12,14-35H2,1-5H3,(H-,39,42,43,44)/p+1/b13-11-. The van der Waals surface area contributed by atoms with Crippen LogP contribution in [0.1, 0.15) is 174 Å². The van der Waals surface area contributed by atoms with Gasteiger partial charge in [0.15, 0.2) is 0 Å². The van der Waals surface area contributed by atoms with Gasteiger partial charge in [-0.15, -0.1) is 0 Å². The Morgan fingerprint density at radius 2 is 1.19 bits per heavy atom. The zero-order valence-electron chi connectivity index (χ0n) is 31.5. The molecule has 0 saturated heterocycles. The molecule has 0 aromatic heterocycles. The quantitative estimate of drug-likeness (QED) is 0.0265. The molecule has 0 spiro atoms. The lowest BCUT2D eigenvalue weighted by molar-refractivity contribution is -0.870. The second kappa shape index (κ2) is 31.2. The summed E-state index contributed by atoms with van der Waals surface area (Å²) in [7, 11) is 1.61. The number of hydrogen-bond donors (Lipinski definition) is 3. The molecule has 3 N–H and O–H groups in total. The second-order valence-corrected chi connectivity index (χ2v) is 16.1. The number of aliphatic hydroxyl groups excluding tert-OH is 1. The molecule has 0 rings (SSSR count). The van der Waals surface area contributed by atoms with E-state index in [9.17, 15) is 19.4 Å². The molecule has 3 atom stereocenters. The number of rotatable bonds is 35. The predicted molar refractivity (Wildman–Crippen MR) is 198 cm³/mol. The van der Waals surface area contributed by atoms with Gasteiger partial charge in [-0.25, -0.2) is 4.57 Å². The highest BCUT2D eigenvalue weighted by Crippen LogP contribution is 2.43. The number of carbonyl (C=O) groups is 1. The lowest BCUT2D eigenvalue weighted by atomic mass is 10.0. The maximum absolute atomic E-state index is 12.8. The molecule has 280 valence electrons. The molecule has 0 aliphatic carbocycles. The van der Waals surface area contributed by atoms with E-state index in [0.717, 1.165) is 57.8 Å². The molecule has 0 heterocycles. The number of quaternary nitrogens is 1. The number of nitrogens with zero attached hydrogens (tertiary/aromatic N) is 1. The zero-order valence-corrected chi connectivity index (χ0v) is 32.4. The van der Waals surface area contributed by atoms with E-state index < -0.39 is 20.0 Å². The Morgan fingerprint density at radius 3 is 1.72 bits per heavy atom. The van der Waals surface area contributed by atoms with Crippen molar-refractivity contribution in [1.82, 2.24) is 5.32 Å². The van der Waals surface area contributed by atoms with E-state index in [1.165, 1.54) is 89.9 Å². The van der Waals surface area contributed by atoms with Crippen LogP contribution in [0.15, 0.2) is 12.2 Å².